The Hall–Kier alpha value is -2.68. The molecule has 5 rings (SSSR count). The van der Waals surface area contributed by atoms with Crippen molar-refractivity contribution in [1.82, 2.24) is 9.21 Å². The van der Waals surface area contributed by atoms with Crippen molar-refractivity contribution in [3.63, 3.8) is 0 Å². The Labute approximate surface area is 211 Å². The number of rotatable bonds is 5. The van der Waals surface area contributed by atoms with Crippen LogP contribution in [0.2, 0.25) is 0 Å². The number of hydrogen-bond acceptors (Lipinski definition) is 5. The van der Waals surface area contributed by atoms with Gasteiger partial charge in [-0.1, -0.05) is 48.5 Å². The molecule has 0 N–H and O–H groups in total. The predicted octanol–water partition coefficient (Wildman–Crippen LogP) is 4.12. The Balaban J connectivity index is 1.35. The van der Waals surface area contributed by atoms with Crippen molar-refractivity contribution < 1.29 is 13.2 Å². The van der Waals surface area contributed by atoms with Gasteiger partial charge in [-0.05, 0) is 48.1 Å². The molecule has 2 aliphatic heterocycles. The maximum Gasteiger partial charge on any atom is 0.252 e. The van der Waals surface area contributed by atoms with E-state index in [0.717, 1.165) is 18.7 Å². The average Bonchev–Trinajstić information content (AvgIpc) is 3.58. The SMILES string of the molecule is Cc1cccc(N2CCN(C(=O)[C@@H]3CN(S(=O)(=O)c4cccs4)C[C@H]3c3ccccc3)CC2)c1C. The molecular formula is C27H31N3O3S2. The van der Waals surface area contributed by atoms with Gasteiger partial charge in [0.15, 0.2) is 0 Å². The van der Waals surface area contributed by atoms with Crippen molar-refractivity contribution in [2.45, 2.75) is 24.0 Å². The lowest BCUT2D eigenvalue weighted by Gasteiger charge is -2.38. The number of carbonyl (C=O) groups is 1. The summed E-state index contributed by atoms with van der Waals surface area (Å²) in [5.41, 5.74) is 4.79. The molecule has 2 atom stereocenters. The number of sulfonamides is 1. The van der Waals surface area contributed by atoms with E-state index in [-0.39, 0.29) is 24.3 Å². The molecule has 0 radical (unpaired) electrons. The minimum atomic E-state index is -3.61. The molecule has 1 aromatic heterocycles. The molecule has 0 saturated carbocycles. The Morgan fingerprint density at radius 2 is 1.63 bits per heavy atom. The molecule has 0 bridgehead atoms. The molecule has 2 fully saturated rings. The van der Waals surface area contributed by atoms with Crippen molar-refractivity contribution in [1.29, 1.82) is 0 Å². The molecule has 3 heterocycles. The normalized spacial score (nSPS) is 21.4. The summed E-state index contributed by atoms with van der Waals surface area (Å²) in [7, 11) is -3.61. The highest BCUT2D eigenvalue weighted by Gasteiger charge is 2.45. The summed E-state index contributed by atoms with van der Waals surface area (Å²) >= 11 is 1.22. The number of benzene rings is 2. The van der Waals surface area contributed by atoms with Gasteiger partial charge in [-0.3, -0.25) is 4.79 Å². The highest BCUT2D eigenvalue weighted by Crippen LogP contribution is 2.38. The molecule has 8 heteroatoms. The number of hydrogen-bond donors (Lipinski definition) is 0. The lowest BCUT2D eigenvalue weighted by atomic mass is 9.88. The minimum absolute atomic E-state index is 0.0587. The number of thiophene rings is 1. The maximum atomic E-state index is 13.8. The van der Waals surface area contributed by atoms with Crippen LogP contribution in [0.1, 0.15) is 22.6 Å². The van der Waals surface area contributed by atoms with Crippen LogP contribution >= 0.6 is 11.3 Å². The van der Waals surface area contributed by atoms with E-state index in [1.54, 1.807) is 17.5 Å². The molecular weight excluding hydrogens is 478 g/mol. The summed E-state index contributed by atoms with van der Waals surface area (Å²) in [6.07, 6.45) is 0. The average molecular weight is 510 g/mol. The fraction of sp³-hybridized carbons (Fsp3) is 0.370. The summed E-state index contributed by atoms with van der Waals surface area (Å²) in [5.74, 6) is -0.488. The topological polar surface area (TPSA) is 60.9 Å². The van der Waals surface area contributed by atoms with Crippen molar-refractivity contribution in [2.75, 3.05) is 44.2 Å². The zero-order valence-corrected chi connectivity index (χ0v) is 21.8. The van der Waals surface area contributed by atoms with Gasteiger partial charge in [-0.25, -0.2) is 8.42 Å². The smallest absolute Gasteiger partial charge is 0.252 e. The third-order valence-corrected chi connectivity index (χ3v) is 10.6. The van der Waals surface area contributed by atoms with Crippen LogP contribution in [0, 0.1) is 19.8 Å². The molecule has 2 aromatic carbocycles. The second-order valence-electron chi connectivity index (χ2n) is 9.41. The molecule has 35 heavy (non-hydrogen) atoms. The van der Waals surface area contributed by atoms with E-state index in [1.165, 1.54) is 32.5 Å². The van der Waals surface area contributed by atoms with Crippen LogP contribution in [0.4, 0.5) is 5.69 Å². The zero-order chi connectivity index (χ0) is 24.6. The largest absolute Gasteiger partial charge is 0.368 e. The number of piperazine rings is 1. The van der Waals surface area contributed by atoms with Gasteiger partial charge >= 0.3 is 0 Å². The summed E-state index contributed by atoms with van der Waals surface area (Å²) in [4.78, 5) is 18.1. The standard InChI is InChI=1S/C27H31N3O3S2/c1-20-8-6-11-25(21(20)2)28-13-15-29(16-14-28)27(31)24-19-30(35(32,33)26-12-7-17-34-26)18-23(24)22-9-4-3-5-10-22/h3-12,17,23-24H,13-16,18-19H2,1-2H3/t23-,24+/m0/s1. The third-order valence-electron chi connectivity index (χ3n) is 7.43. The first-order chi connectivity index (χ1) is 16.9. The second kappa shape index (κ2) is 9.76. The van der Waals surface area contributed by atoms with Gasteiger partial charge in [-0.2, -0.15) is 4.31 Å². The molecule has 2 saturated heterocycles. The number of nitrogens with zero attached hydrogens (tertiary/aromatic N) is 3. The first kappa shape index (κ1) is 24.0. The third kappa shape index (κ3) is 4.62. The van der Waals surface area contributed by atoms with E-state index in [9.17, 15) is 13.2 Å². The summed E-state index contributed by atoms with van der Waals surface area (Å²) in [6, 6.07) is 19.6. The lowest BCUT2D eigenvalue weighted by molar-refractivity contribution is -0.135. The van der Waals surface area contributed by atoms with Gasteiger partial charge in [0.1, 0.15) is 4.21 Å². The fourth-order valence-electron chi connectivity index (χ4n) is 5.27. The van der Waals surface area contributed by atoms with Gasteiger partial charge in [-0.15, -0.1) is 11.3 Å². The van der Waals surface area contributed by atoms with Crippen molar-refractivity contribution in [2.24, 2.45) is 5.92 Å². The number of amides is 1. The molecule has 0 spiro atoms. The van der Waals surface area contributed by atoms with Crippen LogP contribution in [0.15, 0.2) is 70.3 Å². The maximum absolute atomic E-state index is 13.8. The molecule has 3 aromatic rings. The van der Waals surface area contributed by atoms with Gasteiger partial charge < -0.3 is 9.80 Å². The number of carbonyl (C=O) groups excluding carboxylic acids is 1. The van der Waals surface area contributed by atoms with E-state index in [2.05, 4.69) is 36.9 Å². The van der Waals surface area contributed by atoms with E-state index in [0.29, 0.717) is 23.8 Å². The van der Waals surface area contributed by atoms with E-state index < -0.39 is 10.0 Å². The predicted molar refractivity (Wildman–Crippen MR) is 140 cm³/mol. The second-order valence-corrected chi connectivity index (χ2v) is 12.5. The van der Waals surface area contributed by atoms with Gasteiger partial charge in [0.25, 0.3) is 10.0 Å². The van der Waals surface area contributed by atoms with E-state index in [1.807, 2.05) is 35.2 Å². The quantitative estimate of drug-likeness (QED) is 0.519. The molecule has 184 valence electrons. The molecule has 0 aliphatic carbocycles. The Morgan fingerprint density at radius 1 is 0.886 bits per heavy atom. The Morgan fingerprint density at radius 3 is 2.31 bits per heavy atom. The molecule has 6 nitrogen and oxygen atoms in total. The van der Waals surface area contributed by atoms with Crippen LogP contribution < -0.4 is 4.90 Å². The monoisotopic (exact) mass is 509 g/mol. The van der Waals surface area contributed by atoms with E-state index >= 15 is 0 Å². The minimum Gasteiger partial charge on any atom is -0.368 e. The van der Waals surface area contributed by atoms with Crippen LogP contribution in [0.5, 0.6) is 0 Å². The van der Waals surface area contributed by atoms with Crippen molar-refractivity contribution in [3.8, 4) is 0 Å². The van der Waals surface area contributed by atoms with E-state index in [4.69, 9.17) is 0 Å². The highest BCUT2D eigenvalue weighted by atomic mass is 32.2. The molecule has 1 amide bonds. The summed E-state index contributed by atoms with van der Waals surface area (Å²) < 4.78 is 28.4. The molecule has 2 aliphatic rings. The van der Waals surface area contributed by atoms with Crippen LogP contribution in [0.25, 0.3) is 0 Å². The lowest BCUT2D eigenvalue weighted by Crippen LogP contribution is -2.51. The zero-order valence-electron chi connectivity index (χ0n) is 20.1. The number of anilines is 1. The van der Waals surface area contributed by atoms with Gasteiger partial charge in [0.05, 0.1) is 5.92 Å². The summed E-state index contributed by atoms with van der Waals surface area (Å²) in [6.45, 7) is 7.64. The summed E-state index contributed by atoms with van der Waals surface area (Å²) in [5, 5.41) is 1.77. The Bertz CT molecular complexity index is 1280. The first-order valence-corrected chi connectivity index (χ1v) is 14.4. The Kier molecular flexibility index (Phi) is 6.70. The van der Waals surface area contributed by atoms with Gasteiger partial charge in [0.2, 0.25) is 5.91 Å². The molecule has 0 unspecified atom stereocenters. The van der Waals surface area contributed by atoms with Crippen LogP contribution in [-0.2, 0) is 14.8 Å². The van der Waals surface area contributed by atoms with Crippen molar-refractivity contribution >= 4 is 33.0 Å². The van der Waals surface area contributed by atoms with Crippen molar-refractivity contribution in [3.05, 3.63) is 82.7 Å². The first-order valence-electron chi connectivity index (χ1n) is 12.0. The van der Waals surface area contributed by atoms with Gasteiger partial charge in [0, 0.05) is 50.9 Å². The fourth-order valence-corrected chi connectivity index (χ4v) is 7.91. The number of aryl methyl sites for hydroxylation is 1. The van der Waals surface area contributed by atoms with Crippen LogP contribution in [-0.4, -0.2) is 62.8 Å². The highest BCUT2D eigenvalue weighted by molar-refractivity contribution is 7.91. The van der Waals surface area contributed by atoms with Crippen LogP contribution in [0.3, 0.4) is 0 Å².